The number of carbonyl (C=O) groups is 2. The minimum absolute atomic E-state index is 0.0851. The summed E-state index contributed by atoms with van der Waals surface area (Å²) in [7, 11) is 0. The summed E-state index contributed by atoms with van der Waals surface area (Å²) in [6.07, 6.45) is 2.39. The molecular weight excluding hydrogens is 352 g/mol. The molecule has 146 valence electrons. The predicted molar refractivity (Wildman–Crippen MR) is 108 cm³/mol. The van der Waals surface area contributed by atoms with Crippen LogP contribution in [0.5, 0.6) is 0 Å². The summed E-state index contributed by atoms with van der Waals surface area (Å²) < 4.78 is 0. The third-order valence-corrected chi connectivity index (χ3v) is 5.91. The van der Waals surface area contributed by atoms with Gasteiger partial charge in [0, 0.05) is 26.2 Å². The van der Waals surface area contributed by atoms with E-state index in [-0.39, 0.29) is 11.8 Å². The summed E-state index contributed by atoms with van der Waals surface area (Å²) in [6.45, 7) is 2.06. The number of amides is 2. The van der Waals surface area contributed by atoms with Crippen molar-refractivity contribution in [3.8, 4) is 11.1 Å². The van der Waals surface area contributed by atoms with Gasteiger partial charge < -0.3 is 14.9 Å². The van der Waals surface area contributed by atoms with Crippen molar-refractivity contribution < 1.29 is 14.7 Å². The number of piperazine rings is 1. The maximum Gasteiger partial charge on any atom is 0.254 e. The highest BCUT2D eigenvalue weighted by Crippen LogP contribution is 2.33. The normalized spacial score (nSPS) is 18.5. The molecule has 0 radical (unpaired) electrons. The second kappa shape index (κ2) is 7.76. The van der Waals surface area contributed by atoms with Gasteiger partial charge in [0.2, 0.25) is 5.91 Å². The second-order valence-corrected chi connectivity index (χ2v) is 7.80. The van der Waals surface area contributed by atoms with Gasteiger partial charge in [-0.15, -0.1) is 0 Å². The van der Waals surface area contributed by atoms with Crippen molar-refractivity contribution in [1.82, 2.24) is 9.80 Å². The molecule has 0 aromatic heterocycles. The number of rotatable bonds is 4. The Morgan fingerprint density at radius 3 is 1.96 bits per heavy atom. The Hall–Kier alpha value is -2.66. The Bertz CT molecular complexity index is 836. The van der Waals surface area contributed by atoms with Crippen LogP contribution in [0.25, 0.3) is 11.1 Å². The van der Waals surface area contributed by atoms with Crippen LogP contribution in [0.1, 0.15) is 24.8 Å². The Labute approximate surface area is 165 Å². The first-order chi connectivity index (χ1) is 13.5. The molecule has 2 fully saturated rings. The molecule has 2 amide bonds. The molecule has 0 unspecified atom stereocenters. The van der Waals surface area contributed by atoms with Gasteiger partial charge in [0.05, 0.1) is 6.42 Å². The average Bonchev–Trinajstić information content (AvgIpc) is 2.73. The zero-order chi connectivity index (χ0) is 19.6. The van der Waals surface area contributed by atoms with E-state index in [1.165, 1.54) is 0 Å². The van der Waals surface area contributed by atoms with Crippen molar-refractivity contribution >= 4 is 11.8 Å². The number of aliphatic hydroxyl groups is 1. The summed E-state index contributed by atoms with van der Waals surface area (Å²) in [6, 6.07) is 18.3. The summed E-state index contributed by atoms with van der Waals surface area (Å²) in [5, 5.41) is 10.2. The van der Waals surface area contributed by atoms with Crippen LogP contribution in [0.3, 0.4) is 0 Å². The lowest BCUT2D eigenvalue weighted by atomic mass is 9.79. The highest BCUT2D eigenvalue weighted by molar-refractivity contribution is 5.86. The molecule has 1 aliphatic carbocycles. The molecule has 5 nitrogen and oxygen atoms in total. The fourth-order valence-electron chi connectivity index (χ4n) is 3.91. The zero-order valence-electron chi connectivity index (χ0n) is 16.0. The van der Waals surface area contributed by atoms with Crippen LogP contribution in [0.2, 0.25) is 0 Å². The lowest BCUT2D eigenvalue weighted by Crippen LogP contribution is -2.58. The topological polar surface area (TPSA) is 60.9 Å². The number of benzene rings is 2. The van der Waals surface area contributed by atoms with Crippen LogP contribution in [0.15, 0.2) is 54.6 Å². The molecule has 1 aliphatic heterocycles. The predicted octanol–water partition coefficient (Wildman–Crippen LogP) is 2.48. The van der Waals surface area contributed by atoms with Crippen molar-refractivity contribution in [3.63, 3.8) is 0 Å². The van der Waals surface area contributed by atoms with Crippen LogP contribution >= 0.6 is 0 Å². The smallest absolute Gasteiger partial charge is 0.254 e. The molecule has 1 saturated carbocycles. The standard InChI is InChI=1S/C23H26N2O3/c26-21(17-18-7-9-20(10-8-18)19-5-2-1-3-6-19)24-13-15-25(16-14-24)22(27)23(28)11-4-12-23/h1-3,5-10,28H,4,11-17H2. The van der Waals surface area contributed by atoms with E-state index in [0.29, 0.717) is 45.4 Å². The first kappa shape index (κ1) is 18.7. The quantitative estimate of drug-likeness (QED) is 0.889. The Kier molecular flexibility index (Phi) is 5.18. The maximum absolute atomic E-state index is 12.6. The molecule has 2 aromatic carbocycles. The van der Waals surface area contributed by atoms with Crippen molar-refractivity contribution in [2.45, 2.75) is 31.3 Å². The average molecular weight is 378 g/mol. The van der Waals surface area contributed by atoms with E-state index < -0.39 is 5.60 Å². The van der Waals surface area contributed by atoms with Gasteiger partial charge in [0.15, 0.2) is 0 Å². The molecule has 2 aromatic rings. The van der Waals surface area contributed by atoms with E-state index in [0.717, 1.165) is 23.1 Å². The van der Waals surface area contributed by atoms with E-state index in [1.807, 2.05) is 47.4 Å². The largest absolute Gasteiger partial charge is 0.380 e. The molecule has 5 heteroatoms. The Morgan fingerprint density at radius 1 is 0.821 bits per heavy atom. The Morgan fingerprint density at radius 2 is 1.39 bits per heavy atom. The molecule has 4 rings (SSSR count). The van der Waals surface area contributed by atoms with Gasteiger partial charge in [-0.3, -0.25) is 9.59 Å². The van der Waals surface area contributed by atoms with Gasteiger partial charge in [-0.05, 0) is 36.0 Å². The first-order valence-electron chi connectivity index (χ1n) is 9.99. The van der Waals surface area contributed by atoms with Crippen LogP contribution in [0, 0.1) is 0 Å². The fourth-order valence-corrected chi connectivity index (χ4v) is 3.91. The molecule has 0 atom stereocenters. The maximum atomic E-state index is 12.6. The lowest BCUT2D eigenvalue weighted by molar-refractivity contribution is -0.163. The van der Waals surface area contributed by atoms with Gasteiger partial charge >= 0.3 is 0 Å². The molecule has 1 heterocycles. The SMILES string of the molecule is O=C(Cc1ccc(-c2ccccc2)cc1)N1CCN(C(=O)C2(O)CCC2)CC1. The first-order valence-corrected chi connectivity index (χ1v) is 9.99. The van der Waals surface area contributed by atoms with Crippen LogP contribution in [-0.2, 0) is 16.0 Å². The monoisotopic (exact) mass is 378 g/mol. The van der Waals surface area contributed by atoms with Gasteiger partial charge in [0.1, 0.15) is 5.60 Å². The summed E-state index contributed by atoms with van der Waals surface area (Å²) in [4.78, 5) is 28.6. The van der Waals surface area contributed by atoms with Gasteiger partial charge in [-0.1, -0.05) is 54.6 Å². The van der Waals surface area contributed by atoms with Crippen molar-refractivity contribution in [2.75, 3.05) is 26.2 Å². The molecule has 0 spiro atoms. The molecule has 1 N–H and O–H groups in total. The van der Waals surface area contributed by atoms with E-state index in [1.54, 1.807) is 4.90 Å². The molecule has 28 heavy (non-hydrogen) atoms. The van der Waals surface area contributed by atoms with Crippen molar-refractivity contribution in [1.29, 1.82) is 0 Å². The minimum Gasteiger partial charge on any atom is -0.380 e. The molecule has 2 aliphatic rings. The van der Waals surface area contributed by atoms with Crippen LogP contribution in [-0.4, -0.2) is 58.5 Å². The van der Waals surface area contributed by atoms with Crippen LogP contribution < -0.4 is 0 Å². The van der Waals surface area contributed by atoms with E-state index in [4.69, 9.17) is 0 Å². The number of hydrogen-bond donors (Lipinski definition) is 1. The highest BCUT2D eigenvalue weighted by atomic mass is 16.3. The zero-order valence-corrected chi connectivity index (χ0v) is 16.0. The summed E-state index contributed by atoms with van der Waals surface area (Å²) in [5.74, 6) is -0.0794. The van der Waals surface area contributed by atoms with Crippen molar-refractivity contribution in [2.24, 2.45) is 0 Å². The summed E-state index contributed by atoms with van der Waals surface area (Å²) in [5.41, 5.74) is 2.14. The number of hydrogen-bond acceptors (Lipinski definition) is 3. The lowest BCUT2D eigenvalue weighted by Gasteiger charge is -2.42. The third kappa shape index (κ3) is 3.80. The molecular formula is C23H26N2O3. The highest BCUT2D eigenvalue weighted by Gasteiger charge is 2.45. The molecule has 0 bridgehead atoms. The van der Waals surface area contributed by atoms with Gasteiger partial charge in [-0.2, -0.15) is 0 Å². The minimum atomic E-state index is -1.15. The van der Waals surface area contributed by atoms with Crippen LogP contribution in [0.4, 0.5) is 0 Å². The van der Waals surface area contributed by atoms with Crippen molar-refractivity contribution in [3.05, 3.63) is 60.2 Å². The van der Waals surface area contributed by atoms with Gasteiger partial charge in [0.25, 0.3) is 5.91 Å². The molecule has 1 saturated heterocycles. The van der Waals surface area contributed by atoms with E-state index in [9.17, 15) is 14.7 Å². The second-order valence-electron chi connectivity index (χ2n) is 7.80. The number of nitrogens with zero attached hydrogens (tertiary/aromatic N) is 2. The summed E-state index contributed by atoms with van der Waals surface area (Å²) >= 11 is 0. The fraction of sp³-hybridized carbons (Fsp3) is 0.391. The van der Waals surface area contributed by atoms with Gasteiger partial charge in [-0.25, -0.2) is 0 Å². The number of carbonyl (C=O) groups excluding carboxylic acids is 2. The van der Waals surface area contributed by atoms with E-state index >= 15 is 0 Å². The Balaban J connectivity index is 1.30. The van der Waals surface area contributed by atoms with E-state index in [2.05, 4.69) is 12.1 Å². The third-order valence-electron chi connectivity index (χ3n) is 5.91.